The Bertz CT molecular complexity index is 1290. The molecule has 0 saturated carbocycles. The van der Waals surface area contributed by atoms with Crippen LogP contribution >= 0.6 is 0 Å². The van der Waals surface area contributed by atoms with Gasteiger partial charge in [0.25, 0.3) is 0 Å². The van der Waals surface area contributed by atoms with Crippen molar-refractivity contribution in [1.82, 2.24) is 10.2 Å². The molecule has 1 spiro atoms. The van der Waals surface area contributed by atoms with Crippen LogP contribution in [0.2, 0.25) is 0 Å². The molecular formula is C28H34N2O9. The van der Waals surface area contributed by atoms with Crippen molar-refractivity contribution in [2.75, 3.05) is 13.6 Å². The molecule has 1 amide bonds. The van der Waals surface area contributed by atoms with Crippen molar-refractivity contribution in [1.29, 1.82) is 0 Å². The maximum atomic E-state index is 13.1. The summed E-state index contributed by atoms with van der Waals surface area (Å²) in [6, 6.07) is 2.68. The molecule has 0 aromatic heterocycles. The number of likely N-dealkylation sites (tertiary alicyclic amines) is 1. The van der Waals surface area contributed by atoms with Gasteiger partial charge < -0.3 is 39.4 Å². The van der Waals surface area contributed by atoms with Gasteiger partial charge in [-0.15, -0.1) is 0 Å². The number of hydrogen-bond donors (Lipinski definition) is 3. The number of nitrogens with zero attached hydrogens (tertiary/aromatic N) is 1. The molecule has 5 aliphatic rings. The van der Waals surface area contributed by atoms with Crippen LogP contribution in [0.15, 0.2) is 24.0 Å². The first kappa shape index (κ1) is 26.2. The molecule has 11 nitrogen and oxygen atoms in total. The van der Waals surface area contributed by atoms with Gasteiger partial charge in [0.15, 0.2) is 12.2 Å². The summed E-state index contributed by atoms with van der Waals surface area (Å²) in [7, 11) is 2.01. The van der Waals surface area contributed by atoms with Crippen molar-refractivity contribution in [3.8, 4) is 5.75 Å². The first-order valence-electron chi connectivity index (χ1n) is 13.4. The first-order valence-corrected chi connectivity index (χ1v) is 13.4. The van der Waals surface area contributed by atoms with Gasteiger partial charge in [-0.1, -0.05) is 12.1 Å². The number of amides is 1. The fraction of sp³-hybridized carbons (Fsp3) is 0.607. The number of likely N-dealkylation sites (N-methyl/N-ethyl adjacent to an activating group) is 1. The number of rotatable bonds is 6. The van der Waals surface area contributed by atoms with Crippen LogP contribution in [0.5, 0.6) is 5.75 Å². The standard InChI is InChI=1S/C28H34N2O9/c1-14(29-20(32)12-18-25(34)39-26(2,3)38-18)24(33)36-17-7-8-28(35)19-11-15-5-6-16(13-31)22-21(15)27(28,23(17)37-22)9-10-30(19)4/h5-7,14,18-19,23,31,35H,8-13H2,1-4H3,(H,29,32)/t14-,18-,19+,23-,27-,28+/m0/s1. The largest absolute Gasteiger partial charge is 0.481 e. The summed E-state index contributed by atoms with van der Waals surface area (Å²) in [5, 5.41) is 24.8. The molecule has 1 aromatic rings. The molecule has 3 N–H and O–H groups in total. The lowest BCUT2D eigenvalue weighted by Gasteiger charge is -2.61. The van der Waals surface area contributed by atoms with Gasteiger partial charge in [0.2, 0.25) is 11.7 Å². The van der Waals surface area contributed by atoms with E-state index in [-0.39, 0.29) is 31.2 Å². The highest BCUT2D eigenvalue weighted by atomic mass is 16.8. The number of piperidine rings is 1. The van der Waals surface area contributed by atoms with Gasteiger partial charge in [-0.25, -0.2) is 9.59 Å². The van der Waals surface area contributed by atoms with E-state index in [1.54, 1.807) is 19.9 Å². The Morgan fingerprint density at radius 2 is 2.08 bits per heavy atom. The van der Waals surface area contributed by atoms with Gasteiger partial charge in [0, 0.05) is 37.4 Å². The van der Waals surface area contributed by atoms with Crippen LogP contribution < -0.4 is 10.1 Å². The minimum Gasteiger partial charge on any atom is -0.481 e. The smallest absolute Gasteiger partial charge is 0.338 e. The Kier molecular flexibility index (Phi) is 5.89. The Morgan fingerprint density at radius 1 is 1.31 bits per heavy atom. The number of esters is 2. The Balaban J connectivity index is 1.23. The summed E-state index contributed by atoms with van der Waals surface area (Å²) in [5.74, 6) is -2.16. The molecule has 39 heavy (non-hydrogen) atoms. The van der Waals surface area contributed by atoms with Crippen molar-refractivity contribution in [3.63, 3.8) is 0 Å². The third-order valence-corrected chi connectivity index (χ3v) is 8.98. The van der Waals surface area contributed by atoms with Crippen molar-refractivity contribution in [2.45, 2.75) is 94.2 Å². The quantitative estimate of drug-likeness (QED) is 0.437. The van der Waals surface area contributed by atoms with E-state index in [0.29, 0.717) is 24.2 Å². The van der Waals surface area contributed by atoms with E-state index in [4.69, 9.17) is 18.9 Å². The van der Waals surface area contributed by atoms with Crippen LogP contribution in [-0.2, 0) is 47.0 Å². The molecule has 1 aromatic carbocycles. The molecule has 0 radical (unpaired) electrons. The number of carbonyl (C=O) groups is 3. The normalized spacial score (nSPS) is 34.4. The van der Waals surface area contributed by atoms with E-state index >= 15 is 0 Å². The van der Waals surface area contributed by atoms with Crippen molar-refractivity contribution in [3.05, 3.63) is 40.7 Å². The van der Waals surface area contributed by atoms with Crippen molar-refractivity contribution >= 4 is 17.8 Å². The van der Waals surface area contributed by atoms with E-state index in [9.17, 15) is 24.6 Å². The average molecular weight is 543 g/mol. The highest BCUT2D eigenvalue weighted by Crippen LogP contribution is 2.64. The zero-order chi connectivity index (χ0) is 27.9. The Hall–Kier alpha value is -2.99. The van der Waals surface area contributed by atoms with E-state index in [0.717, 1.165) is 17.7 Å². The molecule has 11 heteroatoms. The molecule has 0 unspecified atom stereocenters. The number of hydrogen-bond acceptors (Lipinski definition) is 10. The average Bonchev–Trinajstić information content (AvgIpc) is 3.35. The number of nitrogens with one attached hydrogen (secondary N) is 1. The summed E-state index contributed by atoms with van der Waals surface area (Å²) < 4.78 is 22.8. The highest BCUT2D eigenvalue weighted by Gasteiger charge is 2.71. The maximum Gasteiger partial charge on any atom is 0.338 e. The van der Waals surface area contributed by atoms with Crippen molar-refractivity contribution in [2.24, 2.45) is 0 Å². The number of ether oxygens (including phenoxy) is 4. The minimum absolute atomic E-state index is 0.142. The summed E-state index contributed by atoms with van der Waals surface area (Å²) in [5.41, 5.74) is 0.619. The van der Waals surface area contributed by atoms with Crippen LogP contribution in [0.25, 0.3) is 0 Å². The van der Waals surface area contributed by atoms with Crippen LogP contribution in [0.1, 0.15) is 56.7 Å². The molecule has 2 aliphatic carbocycles. The third-order valence-electron chi connectivity index (χ3n) is 8.98. The van der Waals surface area contributed by atoms with E-state index in [1.807, 2.05) is 19.2 Å². The summed E-state index contributed by atoms with van der Waals surface area (Å²) >= 11 is 0. The summed E-state index contributed by atoms with van der Waals surface area (Å²) in [6.45, 7) is 5.16. The van der Waals surface area contributed by atoms with Gasteiger partial charge in [-0.3, -0.25) is 4.79 Å². The number of aliphatic hydroxyl groups is 2. The molecule has 3 aliphatic heterocycles. The zero-order valence-corrected chi connectivity index (χ0v) is 22.5. The first-order chi connectivity index (χ1) is 18.4. The van der Waals surface area contributed by atoms with Gasteiger partial charge in [0.1, 0.15) is 17.6 Å². The number of carbonyl (C=O) groups excluding carboxylic acids is 3. The predicted molar refractivity (Wildman–Crippen MR) is 134 cm³/mol. The second-order valence-electron chi connectivity index (χ2n) is 11.7. The van der Waals surface area contributed by atoms with E-state index in [2.05, 4.69) is 10.2 Å². The third kappa shape index (κ3) is 3.74. The van der Waals surface area contributed by atoms with Gasteiger partial charge in [0.05, 0.1) is 24.0 Å². The maximum absolute atomic E-state index is 13.1. The fourth-order valence-electron chi connectivity index (χ4n) is 7.21. The van der Waals surface area contributed by atoms with E-state index < -0.39 is 52.9 Å². The lowest BCUT2D eigenvalue weighted by Crippen LogP contribution is -2.74. The topological polar surface area (TPSA) is 144 Å². The van der Waals surface area contributed by atoms with Gasteiger partial charge in [-0.2, -0.15) is 0 Å². The molecule has 2 saturated heterocycles. The van der Waals surface area contributed by atoms with Crippen LogP contribution in [0.3, 0.4) is 0 Å². The molecule has 6 atom stereocenters. The van der Waals surface area contributed by atoms with Crippen LogP contribution in [0.4, 0.5) is 0 Å². The van der Waals surface area contributed by atoms with Gasteiger partial charge in [-0.05, 0) is 45.0 Å². The lowest BCUT2D eigenvalue weighted by atomic mass is 9.50. The number of cyclic esters (lactones) is 1. The zero-order valence-electron chi connectivity index (χ0n) is 22.5. The summed E-state index contributed by atoms with van der Waals surface area (Å²) in [4.78, 5) is 39.8. The Morgan fingerprint density at radius 3 is 2.77 bits per heavy atom. The number of aliphatic hydroxyl groups excluding tert-OH is 1. The molecule has 210 valence electrons. The second kappa shape index (κ2) is 8.76. The molecule has 2 bridgehead atoms. The molecule has 3 heterocycles. The molecule has 2 fully saturated rings. The second-order valence-corrected chi connectivity index (χ2v) is 11.7. The predicted octanol–water partition coefficient (Wildman–Crippen LogP) is 0.573. The SMILES string of the molecule is C[C@H](NC(=O)C[C@@H]1OC(C)(C)OC1=O)C(=O)OC1=CC[C@@]2(O)[C@H]3Cc4ccc(CO)c5c4[C@@]2(CCN3C)[C@H]1O5. The minimum atomic E-state index is -1.14. The summed E-state index contributed by atoms with van der Waals surface area (Å²) in [6.07, 6.45) is 1.12. The Labute approximate surface area is 226 Å². The lowest BCUT2D eigenvalue weighted by molar-refractivity contribution is -0.170. The fourth-order valence-corrected chi connectivity index (χ4v) is 7.21. The van der Waals surface area contributed by atoms with Crippen LogP contribution in [-0.4, -0.2) is 82.2 Å². The van der Waals surface area contributed by atoms with Crippen molar-refractivity contribution < 1.29 is 43.5 Å². The van der Waals surface area contributed by atoms with Gasteiger partial charge >= 0.3 is 11.9 Å². The van der Waals surface area contributed by atoms with E-state index in [1.165, 1.54) is 6.92 Å². The van der Waals surface area contributed by atoms with Crippen LogP contribution in [0, 0.1) is 0 Å². The highest BCUT2D eigenvalue weighted by molar-refractivity contribution is 5.88. The molecular weight excluding hydrogens is 508 g/mol. The monoisotopic (exact) mass is 542 g/mol. The molecule has 6 rings (SSSR count). The number of benzene rings is 1.